The molecule has 96 valence electrons. The number of aromatic nitrogens is 4. The molecule has 8 nitrogen and oxygen atoms in total. The zero-order chi connectivity index (χ0) is 13.1. The van der Waals surface area contributed by atoms with E-state index in [2.05, 4.69) is 10.3 Å². The molecule has 0 aromatic carbocycles. The van der Waals surface area contributed by atoms with Crippen LogP contribution >= 0.6 is 11.3 Å². The SMILES string of the molecule is Cc1csc(=O)n1CCn1cc(C(=O)NN)nn1. The number of carbonyl (C=O) groups is 1. The summed E-state index contributed by atoms with van der Waals surface area (Å²) in [5, 5.41) is 9.25. The van der Waals surface area contributed by atoms with Crippen LogP contribution < -0.4 is 16.1 Å². The van der Waals surface area contributed by atoms with Crippen LogP contribution in [0.5, 0.6) is 0 Å². The summed E-state index contributed by atoms with van der Waals surface area (Å²) in [5.41, 5.74) is 3.03. The van der Waals surface area contributed by atoms with Crippen LogP contribution in [0.25, 0.3) is 0 Å². The normalized spacial score (nSPS) is 10.6. The number of rotatable bonds is 4. The fraction of sp³-hybridized carbons (Fsp3) is 0.333. The highest BCUT2D eigenvalue weighted by Crippen LogP contribution is 2.00. The average molecular weight is 268 g/mol. The zero-order valence-corrected chi connectivity index (χ0v) is 10.5. The van der Waals surface area contributed by atoms with Gasteiger partial charge in [0.2, 0.25) is 0 Å². The first-order valence-electron chi connectivity index (χ1n) is 5.18. The molecule has 0 unspecified atom stereocenters. The molecule has 0 spiro atoms. The van der Waals surface area contributed by atoms with Gasteiger partial charge in [-0.1, -0.05) is 16.6 Å². The van der Waals surface area contributed by atoms with Gasteiger partial charge >= 0.3 is 4.87 Å². The summed E-state index contributed by atoms with van der Waals surface area (Å²) in [5.74, 6) is 4.49. The van der Waals surface area contributed by atoms with Gasteiger partial charge in [0, 0.05) is 17.6 Å². The number of nitrogens with zero attached hydrogens (tertiary/aromatic N) is 4. The highest BCUT2D eigenvalue weighted by molar-refractivity contribution is 7.07. The van der Waals surface area contributed by atoms with Crippen LogP contribution in [0.4, 0.5) is 0 Å². The van der Waals surface area contributed by atoms with E-state index < -0.39 is 5.91 Å². The Kier molecular flexibility index (Phi) is 3.53. The number of carbonyl (C=O) groups excluding carboxylic acids is 1. The third-order valence-corrected chi connectivity index (χ3v) is 3.31. The molecule has 3 N–H and O–H groups in total. The molecular weight excluding hydrogens is 256 g/mol. The van der Waals surface area contributed by atoms with Crippen LogP contribution in [0.1, 0.15) is 16.2 Å². The Morgan fingerprint density at radius 1 is 1.56 bits per heavy atom. The molecule has 0 aliphatic rings. The molecule has 0 saturated heterocycles. The molecule has 9 heteroatoms. The van der Waals surface area contributed by atoms with Crippen molar-refractivity contribution in [2.24, 2.45) is 5.84 Å². The van der Waals surface area contributed by atoms with Gasteiger partial charge in [-0.2, -0.15) is 0 Å². The van der Waals surface area contributed by atoms with Crippen molar-refractivity contribution in [2.75, 3.05) is 0 Å². The Balaban J connectivity index is 2.05. The van der Waals surface area contributed by atoms with Gasteiger partial charge in [0.15, 0.2) is 5.69 Å². The first-order valence-corrected chi connectivity index (χ1v) is 6.06. The number of aryl methyl sites for hydroxylation is 2. The summed E-state index contributed by atoms with van der Waals surface area (Å²) < 4.78 is 3.14. The third kappa shape index (κ3) is 2.46. The summed E-state index contributed by atoms with van der Waals surface area (Å²) in [6.07, 6.45) is 1.48. The number of nitrogen functional groups attached to an aromatic ring is 1. The number of hydrazine groups is 1. The van der Waals surface area contributed by atoms with Crippen molar-refractivity contribution in [3.05, 3.63) is 32.6 Å². The van der Waals surface area contributed by atoms with Gasteiger partial charge in [-0.15, -0.1) is 5.10 Å². The van der Waals surface area contributed by atoms with E-state index >= 15 is 0 Å². The molecule has 0 saturated carbocycles. The van der Waals surface area contributed by atoms with E-state index in [1.165, 1.54) is 10.9 Å². The fourth-order valence-electron chi connectivity index (χ4n) is 1.46. The maximum atomic E-state index is 11.5. The van der Waals surface area contributed by atoms with E-state index in [0.29, 0.717) is 13.1 Å². The van der Waals surface area contributed by atoms with Crippen molar-refractivity contribution < 1.29 is 4.79 Å². The first-order chi connectivity index (χ1) is 8.61. The van der Waals surface area contributed by atoms with Crippen molar-refractivity contribution in [1.29, 1.82) is 0 Å². The van der Waals surface area contributed by atoms with Gasteiger partial charge in [0.25, 0.3) is 5.91 Å². The first kappa shape index (κ1) is 12.5. The van der Waals surface area contributed by atoms with Crippen molar-refractivity contribution in [3.63, 3.8) is 0 Å². The average Bonchev–Trinajstić information content (AvgIpc) is 2.95. The standard InChI is InChI=1S/C9H12N6O2S/c1-6-5-18-9(17)15(6)3-2-14-4-7(12-13-14)8(16)11-10/h4-5H,2-3,10H2,1H3,(H,11,16). The van der Waals surface area contributed by atoms with Crippen LogP contribution in [0, 0.1) is 6.92 Å². The maximum Gasteiger partial charge on any atom is 0.307 e. The fourth-order valence-corrected chi connectivity index (χ4v) is 2.22. The third-order valence-electron chi connectivity index (χ3n) is 2.43. The van der Waals surface area contributed by atoms with Crippen LogP contribution in [0.3, 0.4) is 0 Å². The minimum Gasteiger partial charge on any atom is -0.301 e. The van der Waals surface area contributed by atoms with E-state index in [0.717, 1.165) is 17.0 Å². The number of nitrogens with two attached hydrogens (primary N) is 1. The van der Waals surface area contributed by atoms with E-state index in [1.54, 1.807) is 9.95 Å². The molecule has 0 bridgehead atoms. The molecule has 1 amide bonds. The van der Waals surface area contributed by atoms with Crippen molar-refractivity contribution in [2.45, 2.75) is 20.0 Å². The molecule has 18 heavy (non-hydrogen) atoms. The minimum absolute atomic E-state index is 0.00691. The molecule has 2 heterocycles. The highest BCUT2D eigenvalue weighted by Gasteiger charge is 2.09. The van der Waals surface area contributed by atoms with Crippen LogP contribution in [-0.4, -0.2) is 25.5 Å². The second kappa shape index (κ2) is 5.10. The lowest BCUT2D eigenvalue weighted by Gasteiger charge is -2.03. The molecule has 0 aliphatic carbocycles. The molecule has 2 rings (SSSR count). The Labute approximate surface area is 106 Å². The quantitative estimate of drug-likeness (QED) is 0.425. The van der Waals surface area contributed by atoms with Crippen LogP contribution in [0.15, 0.2) is 16.4 Å². The largest absolute Gasteiger partial charge is 0.307 e. The summed E-state index contributed by atoms with van der Waals surface area (Å²) >= 11 is 1.16. The van der Waals surface area contributed by atoms with Gasteiger partial charge < -0.3 is 4.57 Å². The van der Waals surface area contributed by atoms with E-state index in [4.69, 9.17) is 5.84 Å². The Hall–Kier alpha value is -2.00. The molecule has 2 aromatic rings. The molecular formula is C9H12N6O2S. The van der Waals surface area contributed by atoms with E-state index in [9.17, 15) is 9.59 Å². The monoisotopic (exact) mass is 268 g/mol. The lowest BCUT2D eigenvalue weighted by Crippen LogP contribution is -2.30. The van der Waals surface area contributed by atoms with Gasteiger partial charge in [-0.3, -0.25) is 15.0 Å². The Morgan fingerprint density at radius 3 is 2.94 bits per heavy atom. The number of thiazole rings is 1. The molecule has 0 aliphatic heterocycles. The zero-order valence-electron chi connectivity index (χ0n) is 9.66. The lowest BCUT2D eigenvalue weighted by molar-refractivity contribution is 0.0948. The summed E-state index contributed by atoms with van der Waals surface area (Å²) in [4.78, 5) is 22.6. The van der Waals surface area contributed by atoms with Crippen molar-refractivity contribution in [3.8, 4) is 0 Å². The summed E-state index contributed by atoms with van der Waals surface area (Å²) in [7, 11) is 0. The van der Waals surface area contributed by atoms with Crippen molar-refractivity contribution >= 4 is 17.2 Å². The smallest absolute Gasteiger partial charge is 0.301 e. The van der Waals surface area contributed by atoms with Gasteiger partial charge in [0.05, 0.1) is 12.7 Å². The minimum atomic E-state index is -0.495. The second-order valence-corrected chi connectivity index (χ2v) is 4.46. The molecule has 0 fully saturated rings. The predicted molar refractivity (Wildman–Crippen MR) is 65.0 cm³/mol. The number of hydrogen-bond acceptors (Lipinski definition) is 6. The van der Waals surface area contributed by atoms with Gasteiger partial charge in [-0.05, 0) is 6.92 Å². The number of amides is 1. The van der Waals surface area contributed by atoms with Crippen LogP contribution in [-0.2, 0) is 13.1 Å². The molecule has 0 radical (unpaired) electrons. The molecule has 0 atom stereocenters. The summed E-state index contributed by atoms with van der Waals surface area (Å²) in [6, 6.07) is 0. The van der Waals surface area contributed by atoms with E-state index in [-0.39, 0.29) is 10.6 Å². The van der Waals surface area contributed by atoms with Gasteiger partial charge in [0.1, 0.15) is 0 Å². The Bertz CT molecular complexity index is 613. The number of nitrogens with one attached hydrogen (secondary N) is 1. The maximum absolute atomic E-state index is 11.5. The summed E-state index contributed by atoms with van der Waals surface area (Å²) in [6.45, 7) is 2.82. The number of hydrogen-bond donors (Lipinski definition) is 2. The topological polar surface area (TPSA) is 108 Å². The van der Waals surface area contributed by atoms with E-state index in [1.807, 2.05) is 12.3 Å². The highest BCUT2D eigenvalue weighted by atomic mass is 32.1. The lowest BCUT2D eigenvalue weighted by atomic mass is 10.4. The van der Waals surface area contributed by atoms with Gasteiger partial charge in [-0.25, -0.2) is 10.5 Å². The second-order valence-electron chi connectivity index (χ2n) is 3.63. The molecule has 2 aromatic heterocycles. The van der Waals surface area contributed by atoms with Crippen LogP contribution in [0.2, 0.25) is 0 Å². The Morgan fingerprint density at radius 2 is 2.33 bits per heavy atom. The van der Waals surface area contributed by atoms with Crippen molar-refractivity contribution in [1.82, 2.24) is 25.0 Å². The predicted octanol–water partition coefficient (Wildman–Crippen LogP) is -0.887.